The Morgan fingerprint density at radius 3 is 2.75 bits per heavy atom. The minimum absolute atomic E-state index is 0.00259. The number of amides is 1. The van der Waals surface area contributed by atoms with E-state index in [1.165, 1.54) is 0 Å². The molecule has 2 atom stereocenters. The Morgan fingerprint density at radius 2 is 2.05 bits per heavy atom. The number of nitrogens with zero attached hydrogens (tertiary/aromatic N) is 1. The number of Topliss-reactive ketones (excluding diaryl/α,β-unsaturated/α-hetero) is 1. The molecular weight excluding hydrogens is 260 g/mol. The van der Waals surface area contributed by atoms with E-state index >= 15 is 0 Å². The van der Waals surface area contributed by atoms with E-state index in [-0.39, 0.29) is 23.7 Å². The largest absolute Gasteiger partial charge is 0.381 e. The number of ether oxygens (including phenoxy) is 2. The van der Waals surface area contributed by atoms with Crippen LogP contribution < -0.4 is 5.32 Å². The lowest BCUT2D eigenvalue weighted by Gasteiger charge is -2.34. The number of morpholine rings is 1. The zero-order valence-electron chi connectivity index (χ0n) is 12.1. The van der Waals surface area contributed by atoms with Gasteiger partial charge in [0, 0.05) is 25.6 Å². The average molecular weight is 284 g/mol. The molecule has 114 valence electrons. The van der Waals surface area contributed by atoms with Crippen molar-refractivity contribution in [3.8, 4) is 0 Å². The first-order valence-corrected chi connectivity index (χ1v) is 7.42. The van der Waals surface area contributed by atoms with Gasteiger partial charge < -0.3 is 14.8 Å². The summed E-state index contributed by atoms with van der Waals surface area (Å²) in [4.78, 5) is 26.2. The molecule has 2 unspecified atom stereocenters. The van der Waals surface area contributed by atoms with Gasteiger partial charge in [-0.2, -0.15) is 0 Å². The summed E-state index contributed by atoms with van der Waals surface area (Å²) < 4.78 is 10.6. The fourth-order valence-corrected chi connectivity index (χ4v) is 2.55. The number of carbonyl (C=O) groups is 2. The minimum Gasteiger partial charge on any atom is -0.381 e. The molecule has 0 aliphatic carbocycles. The molecule has 1 amide bonds. The van der Waals surface area contributed by atoms with Gasteiger partial charge in [-0.3, -0.25) is 14.5 Å². The first kappa shape index (κ1) is 15.4. The Balaban J connectivity index is 1.88. The number of carbonyl (C=O) groups excluding carboxylic acids is 2. The fourth-order valence-electron chi connectivity index (χ4n) is 2.55. The lowest BCUT2D eigenvalue weighted by Crippen LogP contribution is -2.55. The van der Waals surface area contributed by atoms with Gasteiger partial charge in [-0.1, -0.05) is 6.92 Å². The van der Waals surface area contributed by atoms with E-state index in [4.69, 9.17) is 9.47 Å². The highest BCUT2D eigenvalue weighted by atomic mass is 16.5. The number of hydrogen-bond acceptors (Lipinski definition) is 5. The summed E-state index contributed by atoms with van der Waals surface area (Å²) >= 11 is 0. The molecule has 2 aliphatic rings. The van der Waals surface area contributed by atoms with E-state index in [1.807, 2.05) is 11.8 Å². The molecule has 2 aliphatic heterocycles. The minimum atomic E-state index is -0.346. The molecule has 0 saturated carbocycles. The highest BCUT2D eigenvalue weighted by Gasteiger charge is 2.33. The molecule has 0 radical (unpaired) electrons. The third-order valence-electron chi connectivity index (χ3n) is 3.84. The van der Waals surface area contributed by atoms with Crippen molar-refractivity contribution >= 4 is 11.7 Å². The molecule has 6 heteroatoms. The van der Waals surface area contributed by atoms with Crippen molar-refractivity contribution in [2.75, 3.05) is 46.1 Å². The maximum absolute atomic E-state index is 12.2. The van der Waals surface area contributed by atoms with Gasteiger partial charge >= 0.3 is 0 Å². The van der Waals surface area contributed by atoms with Crippen LogP contribution in [0.5, 0.6) is 0 Å². The molecule has 0 spiro atoms. The van der Waals surface area contributed by atoms with Crippen LogP contribution in [-0.4, -0.2) is 68.7 Å². The van der Waals surface area contributed by atoms with Crippen LogP contribution in [0.3, 0.4) is 0 Å². The first-order valence-electron chi connectivity index (χ1n) is 7.42. The van der Waals surface area contributed by atoms with E-state index in [2.05, 4.69) is 5.32 Å². The lowest BCUT2D eigenvalue weighted by molar-refractivity contribution is -0.135. The van der Waals surface area contributed by atoms with E-state index < -0.39 is 0 Å². The summed E-state index contributed by atoms with van der Waals surface area (Å²) in [6.07, 6.45) is 1.70. The zero-order valence-corrected chi connectivity index (χ0v) is 12.1. The smallest absolute Gasteiger partial charge is 0.239 e. The number of nitrogens with one attached hydrogen (secondary N) is 1. The average Bonchev–Trinajstić information content (AvgIpc) is 2.99. The summed E-state index contributed by atoms with van der Waals surface area (Å²) in [5.41, 5.74) is 0. The Labute approximate surface area is 119 Å². The van der Waals surface area contributed by atoms with Crippen LogP contribution in [0.15, 0.2) is 0 Å². The second-order valence-corrected chi connectivity index (χ2v) is 5.38. The van der Waals surface area contributed by atoms with Gasteiger partial charge in [0.25, 0.3) is 0 Å². The van der Waals surface area contributed by atoms with Crippen LogP contribution in [0.2, 0.25) is 0 Å². The standard InChI is InChI=1S/C14H24N2O4/c1-2-4-15-14(18)12-10-20-7-5-16(12)8-13(17)11-3-6-19-9-11/h11-12H,2-10H2,1H3,(H,15,18). The molecule has 20 heavy (non-hydrogen) atoms. The van der Waals surface area contributed by atoms with E-state index in [0.29, 0.717) is 46.1 Å². The number of rotatable bonds is 6. The molecule has 2 fully saturated rings. The van der Waals surface area contributed by atoms with Gasteiger partial charge in [-0.25, -0.2) is 0 Å². The maximum Gasteiger partial charge on any atom is 0.239 e. The Hall–Kier alpha value is -0.980. The van der Waals surface area contributed by atoms with E-state index in [9.17, 15) is 9.59 Å². The van der Waals surface area contributed by atoms with Crippen molar-refractivity contribution in [1.29, 1.82) is 0 Å². The summed E-state index contributed by atoms with van der Waals surface area (Å²) in [6.45, 7) is 5.75. The van der Waals surface area contributed by atoms with Crippen molar-refractivity contribution in [3.63, 3.8) is 0 Å². The molecular formula is C14H24N2O4. The van der Waals surface area contributed by atoms with E-state index in [1.54, 1.807) is 0 Å². The lowest BCUT2D eigenvalue weighted by atomic mass is 10.0. The predicted molar refractivity (Wildman–Crippen MR) is 73.4 cm³/mol. The van der Waals surface area contributed by atoms with Gasteiger partial charge in [0.2, 0.25) is 5.91 Å². The van der Waals surface area contributed by atoms with Crippen molar-refractivity contribution in [2.24, 2.45) is 5.92 Å². The zero-order chi connectivity index (χ0) is 14.4. The second kappa shape index (κ2) is 7.71. The third-order valence-corrected chi connectivity index (χ3v) is 3.84. The van der Waals surface area contributed by atoms with Crippen LogP contribution in [-0.2, 0) is 19.1 Å². The number of hydrogen-bond donors (Lipinski definition) is 1. The molecule has 2 rings (SSSR count). The molecule has 1 N–H and O–H groups in total. The SMILES string of the molecule is CCCNC(=O)C1COCCN1CC(=O)C1CCOC1. The highest BCUT2D eigenvalue weighted by Crippen LogP contribution is 2.16. The van der Waals surface area contributed by atoms with E-state index in [0.717, 1.165) is 12.8 Å². The van der Waals surface area contributed by atoms with Gasteiger partial charge in [-0.15, -0.1) is 0 Å². The topological polar surface area (TPSA) is 67.9 Å². The molecule has 0 bridgehead atoms. The Morgan fingerprint density at radius 1 is 1.25 bits per heavy atom. The first-order chi connectivity index (χ1) is 9.72. The molecule has 2 saturated heterocycles. The van der Waals surface area contributed by atoms with Crippen molar-refractivity contribution in [1.82, 2.24) is 10.2 Å². The highest BCUT2D eigenvalue weighted by molar-refractivity contribution is 5.86. The monoisotopic (exact) mass is 284 g/mol. The summed E-state index contributed by atoms with van der Waals surface area (Å²) in [6, 6.07) is -0.346. The van der Waals surface area contributed by atoms with Crippen molar-refractivity contribution < 1.29 is 19.1 Å². The predicted octanol–water partition coefficient (Wildman–Crippen LogP) is -0.181. The summed E-state index contributed by atoms with van der Waals surface area (Å²) in [5.74, 6) is 0.136. The van der Waals surface area contributed by atoms with Gasteiger partial charge in [0.1, 0.15) is 6.04 Å². The summed E-state index contributed by atoms with van der Waals surface area (Å²) in [5, 5.41) is 2.88. The second-order valence-electron chi connectivity index (χ2n) is 5.38. The Bertz CT molecular complexity index is 342. The van der Waals surface area contributed by atoms with Gasteiger partial charge in [-0.05, 0) is 12.8 Å². The normalized spacial score (nSPS) is 27.4. The van der Waals surface area contributed by atoms with Crippen molar-refractivity contribution in [3.05, 3.63) is 0 Å². The third kappa shape index (κ3) is 4.01. The summed E-state index contributed by atoms with van der Waals surface area (Å²) in [7, 11) is 0. The van der Waals surface area contributed by atoms with Crippen LogP contribution in [0.4, 0.5) is 0 Å². The molecule has 2 heterocycles. The Kier molecular flexibility index (Phi) is 5.94. The maximum atomic E-state index is 12.2. The number of ketones is 1. The molecule has 0 aromatic carbocycles. The van der Waals surface area contributed by atoms with Gasteiger partial charge in [0.05, 0.1) is 26.4 Å². The van der Waals surface area contributed by atoms with Gasteiger partial charge in [0.15, 0.2) is 5.78 Å². The van der Waals surface area contributed by atoms with Crippen LogP contribution in [0.25, 0.3) is 0 Å². The van der Waals surface area contributed by atoms with Crippen LogP contribution >= 0.6 is 0 Å². The van der Waals surface area contributed by atoms with Crippen LogP contribution in [0, 0.1) is 5.92 Å². The fraction of sp³-hybridized carbons (Fsp3) is 0.857. The molecule has 0 aromatic rings. The molecule has 0 aromatic heterocycles. The molecule has 6 nitrogen and oxygen atoms in total. The van der Waals surface area contributed by atoms with Crippen molar-refractivity contribution in [2.45, 2.75) is 25.8 Å². The van der Waals surface area contributed by atoms with Crippen LogP contribution in [0.1, 0.15) is 19.8 Å². The quantitative estimate of drug-likeness (QED) is 0.733.